The molecule has 0 radical (unpaired) electrons. The molecule has 1 aromatic heterocycles. The van der Waals surface area contributed by atoms with Crippen LogP contribution in [0.25, 0.3) is 78.3 Å². The summed E-state index contributed by atoms with van der Waals surface area (Å²) in [6.45, 7) is 4.54. The molecule has 0 N–H and O–H groups in total. The van der Waals surface area contributed by atoms with Crippen molar-refractivity contribution in [3.05, 3.63) is 187 Å². The normalized spacial score (nSPS) is 13.2. The molecule has 0 fully saturated rings. The molecule has 0 bridgehead atoms. The molecule has 0 amide bonds. The largest absolute Gasteiger partial charge is 0.450 e. The molecule has 5 heteroatoms. The number of rotatable bonds is 5. The maximum atomic E-state index is 6.66. The fourth-order valence-corrected chi connectivity index (χ4v) is 8.57. The second kappa shape index (κ2) is 12.9. The lowest BCUT2D eigenvalue weighted by molar-refractivity contribution is 0.359. The van der Waals surface area contributed by atoms with Crippen LogP contribution in [0.15, 0.2) is 176 Å². The van der Waals surface area contributed by atoms with E-state index in [2.05, 4.69) is 135 Å². The van der Waals surface area contributed by atoms with Crippen molar-refractivity contribution in [2.24, 2.45) is 0 Å². The molecule has 0 spiro atoms. The number of fused-ring (bicyclic) bond motifs is 6. The number of benzene rings is 8. The fraction of sp³-hybridized carbons (Fsp3) is 0.0577. The molecule has 57 heavy (non-hydrogen) atoms. The highest BCUT2D eigenvalue weighted by molar-refractivity contribution is 6.04. The predicted molar refractivity (Wildman–Crippen MR) is 229 cm³/mol. The second-order valence-electron chi connectivity index (χ2n) is 15.2. The Kier molecular flexibility index (Phi) is 7.45. The van der Waals surface area contributed by atoms with Gasteiger partial charge in [-0.15, -0.1) is 0 Å². The lowest BCUT2D eigenvalue weighted by Gasteiger charge is -2.25. The smallest absolute Gasteiger partial charge is 0.170 e. The van der Waals surface area contributed by atoms with E-state index >= 15 is 0 Å². The van der Waals surface area contributed by atoms with Gasteiger partial charge in [0, 0.05) is 22.1 Å². The van der Waals surface area contributed by atoms with Crippen LogP contribution < -0.4 is 9.47 Å². The highest BCUT2D eigenvalue weighted by Crippen LogP contribution is 2.55. The lowest BCUT2D eigenvalue weighted by Crippen LogP contribution is -2.15. The summed E-state index contributed by atoms with van der Waals surface area (Å²) < 4.78 is 13.2. The summed E-state index contributed by atoms with van der Waals surface area (Å²) in [5, 5.41) is 2.22. The van der Waals surface area contributed by atoms with Crippen LogP contribution in [-0.2, 0) is 5.41 Å². The molecular weight excluding hydrogens is 699 g/mol. The molecule has 9 aromatic rings. The first-order chi connectivity index (χ1) is 28.0. The van der Waals surface area contributed by atoms with Gasteiger partial charge in [-0.1, -0.05) is 159 Å². The maximum Gasteiger partial charge on any atom is 0.170 e. The number of nitrogens with zero attached hydrogens (tertiary/aromatic N) is 3. The number of hydrogen-bond acceptors (Lipinski definition) is 5. The van der Waals surface area contributed by atoms with Crippen LogP contribution >= 0.6 is 0 Å². The van der Waals surface area contributed by atoms with E-state index in [1.54, 1.807) is 0 Å². The lowest BCUT2D eigenvalue weighted by atomic mass is 9.82. The van der Waals surface area contributed by atoms with Crippen LogP contribution in [0.2, 0.25) is 0 Å². The zero-order valence-corrected chi connectivity index (χ0v) is 31.4. The predicted octanol–water partition coefficient (Wildman–Crippen LogP) is 13.6. The minimum atomic E-state index is -0.133. The fourth-order valence-electron chi connectivity index (χ4n) is 8.57. The van der Waals surface area contributed by atoms with Gasteiger partial charge in [-0.2, -0.15) is 0 Å². The van der Waals surface area contributed by atoms with E-state index in [4.69, 9.17) is 24.4 Å². The quantitative estimate of drug-likeness (QED) is 0.176. The number of hydrogen-bond donors (Lipinski definition) is 0. The van der Waals surface area contributed by atoms with Gasteiger partial charge in [-0.25, -0.2) is 15.0 Å². The van der Waals surface area contributed by atoms with Crippen molar-refractivity contribution in [1.82, 2.24) is 15.0 Å². The van der Waals surface area contributed by atoms with Gasteiger partial charge >= 0.3 is 0 Å². The van der Waals surface area contributed by atoms with Crippen LogP contribution in [0.3, 0.4) is 0 Å². The third-order valence-corrected chi connectivity index (χ3v) is 11.4. The van der Waals surface area contributed by atoms with Gasteiger partial charge in [-0.05, 0) is 85.6 Å². The Hall–Kier alpha value is -7.37. The zero-order chi connectivity index (χ0) is 38.1. The van der Waals surface area contributed by atoms with Crippen molar-refractivity contribution >= 4 is 10.8 Å². The summed E-state index contributed by atoms with van der Waals surface area (Å²) in [4.78, 5) is 15.5. The summed E-state index contributed by atoms with van der Waals surface area (Å²) in [7, 11) is 0. The van der Waals surface area contributed by atoms with Crippen LogP contribution in [-0.4, -0.2) is 15.0 Å². The Morgan fingerprint density at radius 1 is 0.333 bits per heavy atom. The van der Waals surface area contributed by atoms with Gasteiger partial charge in [0.25, 0.3) is 0 Å². The van der Waals surface area contributed by atoms with Crippen LogP contribution in [0.1, 0.15) is 25.0 Å². The summed E-state index contributed by atoms with van der Waals surface area (Å²) in [6.07, 6.45) is 0. The first-order valence-corrected chi connectivity index (χ1v) is 19.3. The zero-order valence-electron chi connectivity index (χ0n) is 31.4. The van der Waals surface area contributed by atoms with Crippen molar-refractivity contribution in [2.75, 3.05) is 0 Å². The van der Waals surface area contributed by atoms with E-state index in [1.807, 2.05) is 54.6 Å². The average Bonchev–Trinajstić information content (AvgIpc) is 3.49. The minimum Gasteiger partial charge on any atom is -0.450 e. The molecule has 2 aliphatic rings. The first kappa shape index (κ1) is 33.0. The Labute approximate surface area is 330 Å². The average molecular weight is 734 g/mol. The molecule has 270 valence electrons. The van der Waals surface area contributed by atoms with Gasteiger partial charge in [0.05, 0.1) is 0 Å². The monoisotopic (exact) mass is 733 g/mol. The molecule has 5 nitrogen and oxygen atoms in total. The Morgan fingerprint density at radius 2 is 0.877 bits per heavy atom. The first-order valence-electron chi connectivity index (χ1n) is 19.3. The van der Waals surface area contributed by atoms with Crippen molar-refractivity contribution in [3.63, 3.8) is 0 Å². The molecule has 8 aromatic carbocycles. The van der Waals surface area contributed by atoms with Crippen LogP contribution in [0.4, 0.5) is 0 Å². The summed E-state index contributed by atoms with van der Waals surface area (Å²) in [5.41, 5.74) is 11.9. The Balaban J connectivity index is 1.02. The SMILES string of the molecule is CC1(C)c2ccccc2-c2cc3c(cc21)Oc1ccc(-c2ccccc2-c2nc(-c4ccccc4)nc(-c4ccc(-c5ccccc5)c5ccccc45)n2)cc1O3. The molecule has 0 saturated heterocycles. The van der Waals surface area contributed by atoms with Gasteiger partial charge < -0.3 is 9.47 Å². The molecule has 11 rings (SSSR count). The van der Waals surface area contributed by atoms with E-state index in [0.29, 0.717) is 34.7 Å². The summed E-state index contributed by atoms with van der Waals surface area (Å²) in [6, 6.07) is 60.7. The molecule has 0 atom stereocenters. The molecule has 0 unspecified atom stereocenters. The highest BCUT2D eigenvalue weighted by Gasteiger charge is 2.37. The minimum absolute atomic E-state index is 0.133. The van der Waals surface area contributed by atoms with Crippen LogP contribution in [0, 0.1) is 0 Å². The summed E-state index contributed by atoms with van der Waals surface area (Å²) >= 11 is 0. The number of ether oxygens (including phenoxy) is 2. The highest BCUT2D eigenvalue weighted by atomic mass is 16.6. The Morgan fingerprint density at radius 3 is 1.65 bits per heavy atom. The van der Waals surface area contributed by atoms with Crippen molar-refractivity contribution in [2.45, 2.75) is 19.3 Å². The molecule has 2 heterocycles. The van der Waals surface area contributed by atoms with Crippen molar-refractivity contribution < 1.29 is 9.47 Å². The third-order valence-electron chi connectivity index (χ3n) is 11.4. The van der Waals surface area contributed by atoms with E-state index < -0.39 is 0 Å². The van der Waals surface area contributed by atoms with Gasteiger partial charge in [0.1, 0.15) is 0 Å². The Bertz CT molecular complexity index is 3050. The third kappa shape index (κ3) is 5.42. The standard InChI is InChI=1S/C52H35N3O2/c1-52(2)43-24-14-13-22-39(43)42-30-47-48(31-44(42)52)56-45-28-25-34(29-46(45)57-47)35-19-9-12-23-40(35)50-53-49(33-17-7-4-8-18-33)54-51(55-50)41-27-26-36(32-15-5-3-6-16-32)37-20-10-11-21-38(37)41/h3-31H,1-2H3. The molecular formula is C52H35N3O2. The van der Waals surface area contributed by atoms with E-state index in [9.17, 15) is 0 Å². The molecule has 1 aliphatic heterocycles. The summed E-state index contributed by atoms with van der Waals surface area (Å²) in [5.74, 6) is 4.58. The second-order valence-corrected chi connectivity index (χ2v) is 15.2. The van der Waals surface area contributed by atoms with Crippen molar-refractivity contribution in [3.8, 4) is 90.5 Å². The van der Waals surface area contributed by atoms with Gasteiger partial charge in [0.2, 0.25) is 0 Å². The van der Waals surface area contributed by atoms with Crippen LogP contribution in [0.5, 0.6) is 23.0 Å². The van der Waals surface area contributed by atoms with Crippen molar-refractivity contribution in [1.29, 1.82) is 0 Å². The molecule has 1 aliphatic carbocycles. The molecule has 0 saturated carbocycles. The van der Waals surface area contributed by atoms with Gasteiger partial charge in [0.15, 0.2) is 40.5 Å². The number of aromatic nitrogens is 3. The van der Waals surface area contributed by atoms with E-state index in [-0.39, 0.29) is 5.41 Å². The van der Waals surface area contributed by atoms with E-state index in [1.165, 1.54) is 22.3 Å². The van der Waals surface area contributed by atoms with Gasteiger partial charge in [-0.3, -0.25) is 0 Å². The maximum absolute atomic E-state index is 6.66. The van der Waals surface area contributed by atoms with E-state index in [0.717, 1.165) is 55.5 Å². The topological polar surface area (TPSA) is 57.1 Å².